The van der Waals surface area contributed by atoms with E-state index in [1.165, 1.54) is 45.2 Å². The topological polar surface area (TPSA) is 15.3 Å². The van der Waals surface area contributed by atoms with Crippen molar-refractivity contribution in [3.05, 3.63) is 0 Å². The molecule has 1 heterocycles. The van der Waals surface area contributed by atoms with Gasteiger partial charge in [0.2, 0.25) is 0 Å². The van der Waals surface area contributed by atoms with Crippen molar-refractivity contribution in [3.8, 4) is 0 Å². The van der Waals surface area contributed by atoms with Gasteiger partial charge >= 0.3 is 0 Å². The van der Waals surface area contributed by atoms with Crippen molar-refractivity contribution < 1.29 is 0 Å². The van der Waals surface area contributed by atoms with Crippen molar-refractivity contribution in [1.82, 2.24) is 10.2 Å². The highest BCUT2D eigenvalue weighted by Crippen LogP contribution is 2.22. The van der Waals surface area contributed by atoms with Crippen LogP contribution in [0.25, 0.3) is 0 Å². The van der Waals surface area contributed by atoms with Crippen molar-refractivity contribution in [1.29, 1.82) is 0 Å². The van der Waals surface area contributed by atoms with E-state index in [0.717, 1.165) is 18.5 Å². The molecule has 1 N–H and O–H groups in total. The van der Waals surface area contributed by atoms with Gasteiger partial charge in [-0.05, 0) is 45.6 Å². The molecule has 0 spiro atoms. The lowest BCUT2D eigenvalue weighted by atomic mass is 9.93. The molecule has 0 amide bonds. The van der Waals surface area contributed by atoms with Crippen molar-refractivity contribution in [3.63, 3.8) is 0 Å². The minimum atomic E-state index is 0.689. The number of hydrogen-bond acceptors (Lipinski definition) is 2. The third-order valence-corrected chi connectivity index (χ3v) is 4.13. The number of nitrogens with one attached hydrogen (secondary N) is 1. The van der Waals surface area contributed by atoms with Crippen LogP contribution in [0.4, 0.5) is 0 Å². The Hall–Kier alpha value is -0.0800. The van der Waals surface area contributed by atoms with E-state index in [4.69, 9.17) is 0 Å². The quantitative estimate of drug-likeness (QED) is 0.687. The lowest BCUT2D eigenvalue weighted by molar-refractivity contribution is 0.0841. The maximum atomic E-state index is 3.61. The Morgan fingerprint density at radius 1 is 1.24 bits per heavy atom. The molecule has 2 nitrogen and oxygen atoms in total. The normalized spacial score (nSPS) is 28.2. The summed E-state index contributed by atoms with van der Waals surface area (Å²) >= 11 is 0. The summed E-state index contributed by atoms with van der Waals surface area (Å²) in [6.45, 7) is 13.1. The molecule has 1 rings (SSSR count). The molecule has 3 unspecified atom stereocenters. The molecular formula is C15H32N2. The first-order chi connectivity index (χ1) is 8.15. The van der Waals surface area contributed by atoms with E-state index in [9.17, 15) is 0 Å². The fourth-order valence-electron chi connectivity index (χ4n) is 2.87. The van der Waals surface area contributed by atoms with Crippen LogP contribution in [-0.2, 0) is 0 Å². The van der Waals surface area contributed by atoms with Crippen molar-refractivity contribution >= 4 is 0 Å². The van der Waals surface area contributed by atoms with E-state index in [2.05, 4.69) is 37.9 Å². The number of unbranched alkanes of at least 4 members (excludes halogenated alkanes) is 2. The summed E-state index contributed by atoms with van der Waals surface area (Å²) in [7, 11) is 0. The summed E-state index contributed by atoms with van der Waals surface area (Å²) in [6, 6.07) is 1.47. The fourth-order valence-corrected chi connectivity index (χ4v) is 2.87. The standard InChI is InChI=1S/C15H32N2/c1-5-6-7-10-16-11-15(4)17-12-13(2)8-9-14(17)3/h13-16H,5-12H2,1-4H3. The summed E-state index contributed by atoms with van der Waals surface area (Å²) in [5.74, 6) is 0.883. The molecule has 0 aromatic heterocycles. The SMILES string of the molecule is CCCCCNCC(C)N1CC(C)CCC1C. The maximum absolute atomic E-state index is 3.61. The summed E-state index contributed by atoms with van der Waals surface area (Å²) < 4.78 is 0. The molecule has 1 aliphatic rings. The van der Waals surface area contributed by atoms with E-state index in [1.54, 1.807) is 0 Å². The Kier molecular flexibility index (Phi) is 7.14. The molecule has 1 fully saturated rings. The van der Waals surface area contributed by atoms with Gasteiger partial charge in [-0.3, -0.25) is 4.90 Å². The van der Waals surface area contributed by atoms with Crippen LogP contribution in [0.15, 0.2) is 0 Å². The molecule has 102 valence electrons. The smallest absolute Gasteiger partial charge is 0.0195 e. The minimum Gasteiger partial charge on any atom is -0.315 e. The first-order valence-electron chi connectivity index (χ1n) is 7.61. The van der Waals surface area contributed by atoms with Crippen molar-refractivity contribution in [2.75, 3.05) is 19.6 Å². The second-order valence-electron chi connectivity index (χ2n) is 5.99. The molecule has 0 radical (unpaired) electrons. The third kappa shape index (κ3) is 5.39. The first kappa shape index (κ1) is 15.0. The zero-order valence-electron chi connectivity index (χ0n) is 12.3. The van der Waals surface area contributed by atoms with E-state index < -0.39 is 0 Å². The lowest BCUT2D eigenvalue weighted by Crippen LogP contribution is -2.49. The van der Waals surface area contributed by atoms with Crippen molar-refractivity contribution in [2.24, 2.45) is 5.92 Å². The molecule has 0 aromatic rings. The number of nitrogens with zero attached hydrogens (tertiary/aromatic N) is 1. The van der Waals surface area contributed by atoms with Gasteiger partial charge in [-0.2, -0.15) is 0 Å². The fraction of sp³-hybridized carbons (Fsp3) is 1.00. The van der Waals surface area contributed by atoms with Gasteiger partial charge in [0, 0.05) is 25.2 Å². The molecule has 0 aliphatic carbocycles. The van der Waals surface area contributed by atoms with Gasteiger partial charge in [-0.25, -0.2) is 0 Å². The van der Waals surface area contributed by atoms with Gasteiger partial charge in [0.1, 0.15) is 0 Å². The summed E-state index contributed by atoms with van der Waals surface area (Å²) in [5.41, 5.74) is 0. The zero-order chi connectivity index (χ0) is 12.7. The summed E-state index contributed by atoms with van der Waals surface area (Å²) in [4.78, 5) is 2.70. The van der Waals surface area contributed by atoms with Gasteiger partial charge in [0.05, 0.1) is 0 Å². The van der Waals surface area contributed by atoms with Gasteiger partial charge in [0.15, 0.2) is 0 Å². The van der Waals surface area contributed by atoms with Crippen LogP contribution in [0.2, 0.25) is 0 Å². The second-order valence-corrected chi connectivity index (χ2v) is 5.99. The van der Waals surface area contributed by atoms with Gasteiger partial charge in [0.25, 0.3) is 0 Å². The van der Waals surface area contributed by atoms with Crippen LogP contribution in [0.3, 0.4) is 0 Å². The molecule has 2 heteroatoms. The maximum Gasteiger partial charge on any atom is 0.0195 e. The Morgan fingerprint density at radius 3 is 2.71 bits per heavy atom. The van der Waals surface area contributed by atoms with E-state index >= 15 is 0 Å². The van der Waals surface area contributed by atoms with Crippen LogP contribution in [0.1, 0.15) is 59.8 Å². The van der Waals surface area contributed by atoms with E-state index in [0.29, 0.717) is 6.04 Å². The first-order valence-corrected chi connectivity index (χ1v) is 7.61. The molecule has 1 saturated heterocycles. The Labute approximate surface area is 108 Å². The Balaban J connectivity index is 2.18. The van der Waals surface area contributed by atoms with Crippen LogP contribution >= 0.6 is 0 Å². The predicted molar refractivity (Wildman–Crippen MR) is 76.4 cm³/mol. The summed E-state index contributed by atoms with van der Waals surface area (Å²) in [5, 5.41) is 3.61. The Bertz CT molecular complexity index is 193. The predicted octanol–water partition coefficient (Wildman–Crippen LogP) is 3.28. The van der Waals surface area contributed by atoms with Crippen LogP contribution < -0.4 is 5.32 Å². The van der Waals surface area contributed by atoms with Gasteiger partial charge in [-0.1, -0.05) is 26.7 Å². The second kappa shape index (κ2) is 8.10. The van der Waals surface area contributed by atoms with Gasteiger partial charge in [-0.15, -0.1) is 0 Å². The van der Waals surface area contributed by atoms with Crippen molar-refractivity contribution in [2.45, 2.75) is 71.9 Å². The van der Waals surface area contributed by atoms with E-state index in [-0.39, 0.29) is 0 Å². The molecule has 3 atom stereocenters. The lowest BCUT2D eigenvalue weighted by Gasteiger charge is -2.41. The highest BCUT2D eigenvalue weighted by atomic mass is 15.2. The number of hydrogen-bond donors (Lipinski definition) is 1. The average Bonchev–Trinajstić information content (AvgIpc) is 2.32. The zero-order valence-corrected chi connectivity index (χ0v) is 12.3. The molecule has 0 saturated carbocycles. The minimum absolute atomic E-state index is 0.689. The number of piperidine rings is 1. The molecule has 0 aromatic carbocycles. The number of rotatable bonds is 7. The average molecular weight is 240 g/mol. The van der Waals surface area contributed by atoms with Crippen LogP contribution in [0.5, 0.6) is 0 Å². The molecule has 0 bridgehead atoms. The molecule has 17 heavy (non-hydrogen) atoms. The third-order valence-electron chi connectivity index (χ3n) is 4.13. The highest BCUT2D eigenvalue weighted by molar-refractivity contribution is 4.81. The highest BCUT2D eigenvalue weighted by Gasteiger charge is 2.26. The van der Waals surface area contributed by atoms with Gasteiger partial charge < -0.3 is 5.32 Å². The van der Waals surface area contributed by atoms with E-state index in [1.807, 2.05) is 0 Å². The monoisotopic (exact) mass is 240 g/mol. The number of likely N-dealkylation sites (tertiary alicyclic amines) is 1. The Morgan fingerprint density at radius 2 is 2.00 bits per heavy atom. The molecule has 1 aliphatic heterocycles. The van der Waals surface area contributed by atoms with Crippen LogP contribution in [0, 0.1) is 5.92 Å². The summed E-state index contributed by atoms with van der Waals surface area (Å²) in [6.07, 6.45) is 6.79. The molecular weight excluding hydrogens is 208 g/mol. The largest absolute Gasteiger partial charge is 0.315 e. The van der Waals surface area contributed by atoms with Crippen LogP contribution in [-0.4, -0.2) is 36.6 Å².